The van der Waals surface area contributed by atoms with Crippen LogP contribution in [0.3, 0.4) is 0 Å². The fraction of sp³-hybridized carbons (Fsp3) is 0.385. The summed E-state index contributed by atoms with van der Waals surface area (Å²) < 4.78 is 13.3. The number of hydrogen-bond acceptors (Lipinski definition) is 3. The minimum atomic E-state index is -0.376. The first-order valence-corrected chi connectivity index (χ1v) is 5.80. The van der Waals surface area contributed by atoms with E-state index in [1.165, 1.54) is 6.07 Å². The molecular weight excluding hydrogens is 235 g/mol. The molecule has 0 radical (unpaired) electrons. The molecule has 96 valence electrons. The van der Waals surface area contributed by atoms with Gasteiger partial charge in [0.2, 0.25) is 0 Å². The number of nitrogens with zero attached hydrogens (tertiary/aromatic N) is 1. The van der Waals surface area contributed by atoms with Crippen molar-refractivity contribution in [2.75, 3.05) is 6.54 Å². The van der Waals surface area contributed by atoms with Gasteiger partial charge in [0.1, 0.15) is 11.9 Å². The number of carbonyl (C=O) groups is 1. The summed E-state index contributed by atoms with van der Waals surface area (Å²) in [6, 6.07) is 4.43. The van der Waals surface area contributed by atoms with Crippen molar-refractivity contribution in [2.24, 2.45) is 5.16 Å². The van der Waals surface area contributed by atoms with Crippen molar-refractivity contribution in [2.45, 2.75) is 26.4 Å². The molecule has 2 rings (SSSR count). The maximum atomic E-state index is 13.3. The van der Waals surface area contributed by atoms with E-state index >= 15 is 0 Å². The van der Waals surface area contributed by atoms with E-state index in [-0.39, 0.29) is 17.8 Å². The third-order valence-electron chi connectivity index (χ3n) is 2.81. The van der Waals surface area contributed by atoms with Crippen LogP contribution in [0, 0.1) is 12.7 Å². The van der Waals surface area contributed by atoms with E-state index in [9.17, 15) is 9.18 Å². The van der Waals surface area contributed by atoms with Crippen LogP contribution >= 0.6 is 0 Å². The van der Waals surface area contributed by atoms with Crippen molar-refractivity contribution in [1.82, 2.24) is 5.32 Å². The molecule has 1 aliphatic rings. The van der Waals surface area contributed by atoms with Gasteiger partial charge in [-0.3, -0.25) is 4.79 Å². The number of nitrogens with one attached hydrogen (secondary N) is 1. The maximum absolute atomic E-state index is 13.3. The summed E-state index contributed by atoms with van der Waals surface area (Å²) in [5.74, 6) is -0.680. The van der Waals surface area contributed by atoms with E-state index in [0.29, 0.717) is 24.1 Å². The van der Waals surface area contributed by atoms with Crippen LogP contribution in [0.25, 0.3) is 0 Å². The van der Waals surface area contributed by atoms with Crippen molar-refractivity contribution in [3.05, 3.63) is 35.1 Å². The average molecular weight is 250 g/mol. The van der Waals surface area contributed by atoms with Crippen molar-refractivity contribution in [3.63, 3.8) is 0 Å². The normalized spacial score (nSPS) is 18.2. The molecule has 1 aliphatic heterocycles. The van der Waals surface area contributed by atoms with E-state index in [1.54, 1.807) is 19.1 Å². The van der Waals surface area contributed by atoms with Crippen LogP contribution in [-0.2, 0) is 4.84 Å². The lowest BCUT2D eigenvalue weighted by molar-refractivity contribution is 0.0753. The van der Waals surface area contributed by atoms with Gasteiger partial charge in [-0.05, 0) is 31.5 Å². The van der Waals surface area contributed by atoms with Crippen LogP contribution < -0.4 is 5.32 Å². The number of carbonyl (C=O) groups excluding carboxylic acids is 1. The lowest BCUT2D eigenvalue weighted by Gasteiger charge is -2.10. The zero-order valence-electron chi connectivity index (χ0n) is 10.4. The summed E-state index contributed by atoms with van der Waals surface area (Å²) in [7, 11) is 0. The SMILES string of the molecule is CC1=NO[C@@H](CNC(=O)c2ccc(C)c(F)c2)C1. The third-order valence-corrected chi connectivity index (χ3v) is 2.81. The van der Waals surface area contributed by atoms with E-state index < -0.39 is 0 Å². The second kappa shape index (κ2) is 5.16. The van der Waals surface area contributed by atoms with Crippen molar-refractivity contribution in [3.8, 4) is 0 Å². The second-order valence-corrected chi connectivity index (χ2v) is 4.43. The molecule has 0 unspecified atom stereocenters. The minimum Gasteiger partial charge on any atom is -0.390 e. The largest absolute Gasteiger partial charge is 0.390 e. The number of oxime groups is 1. The fourth-order valence-electron chi connectivity index (χ4n) is 1.72. The first kappa shape index (κ1) is 12.5. The van der Waals surface area contributed by atoms with Crippen LogP contribution in [0.4, 0.5) is 4.39 Å². The molecule has 0 saturated heterocycles. The van der Waals surface area contributed by atoms with Crippen molar-refractivity contribution >= 4 is 11.6 Å². The van der Waals surface area contributed by atoms with Crippen LogP contribution in [-0.4, -0.2) is 24.3 Å². The number of aryl methyl sites for hydroxylation is 1. The van der Waals surface area contributed by atoms with Gasteiger partial charge in [-0.15, -0.1) is 0 Å². The van der Waals surface area contributed by atoms with E-state index in [2.05, 4.69) is 10.5 Å². The Balaban J connectivity index is 1.90. The summed E-state index contributed by atoms with van der Waals surface area (Å²) in [5.41, 5.74) is 1.75. The van der Waals surface area contributed by atoms with Crippen molar-refractivity contribution < 1.29 is 14.0 Å². The molecule has 1 aromatic carbocycles. The predicted molar refractivity (Wildman–Crippen MR) is 66.1 cm³/mol. The van der Waals surface area contributed by atoms with Crippen LogP contribution in [0.5, 0.6) is 0 Å². The van der Waals surface area contributed by atoms with Gasteiger partial charge in [-0.1, -0.05) is 11.2 Å². The highest BCUT2D eigenvalue weighted by molar-refractivity contribution is 5.94. The molecule has 1 atom stereocenters. The zero-order chi connectivity index (χ0) is 13.1. The van der Waals surface area contributed by atoms with Crippen LogP contribution in [0.2, 0.25) is 0 Å². The van der Waals surface area contributed by atoms with Gasteiger partial charge in [-0.25, -0.2) is 4.39 Å². The van der Waals surface area contributed by atoms with Crippen molar-refractivity contribution in [1.29, 1.82) is 0 Å². The Hall–Kier alpha value is -1.91. The zero-order valence-corrected chi connectivity index (χ0v) is 10.4. The van der Waals surface area contributed by atoms with Gasteiger partial charge >= 0.3 is 0 Å². The summed E-state index contributed by atoms with van der Waals surface area (Å²) >= 11 is 0. The molecule has 18 heavy (non-hydrogen) atoms. The number of amides is 1. The van der Waals surface area contributed by atoms with Crippen LogP contribution in [0.1, 0.15) is 29.3 Å². The van der Waals surface area contributed by atoms with Gasteiger partial charge in [0.25, 0.3) is 5.91 Å². The molecule has 5 heteroatoms. The number of rotatable bonds is 3. The maximum Gasteiger partial charge on any atom is 0.251 e. The van der Waals surface area contributed by atoms with E-state index in [0.717, 1.165) is 5.71 Å². The summed E-state index contributed by atoms with van der Waals surface area (Å²) in [6.07, 6.45) is 0.590. The Morgan fingerprint density at radius 1 is 1.56 bits per heavy atom. The van der Waals surface area contributed by atoms with Gasteiger partial charge in [-0.2, -0.15) is 0 Å². The highest BCUT2D eigenvalue weighted by Crippen LogP contribution is 2.11. The number of benzene rings is 1. The average Bonchev–Trinajstić information content (AvgIpc) is 2.75. The van der Waals surface area contributed by atoms with Gasteiger partial charge in [0, 0.05) is 12.0 Å². The molecule has 4 nitrogen and oxygen atoms in total. The molecule has 0 aliphatic carbocycles. The Morgan fingerprint density at radius 2 is 2.33 bits per heavy atom. The molecular formula is C13H15FN2O2. The Kier molecular flexibility index (Phi) is 3.60. The first-order valence-electron chi connectivity index (χ1n) is 5.80. The third kappa shape index (κ3) is 2.85. The molecule has 1 N–H and O–H groups in total. The van der Waals surface area contributed by atoms with E-state index in [1.807, 2.05) is 6.92 Å². The fourth-order valence-corrected chi connectivity index (χ4v) is 1.72. The molecule has 1 aromatic rings. The van der Waals surface area contributed by atoms with E-state index in [4.69, 9.17) is 4.84 Å². The molecule has 0 aromatic heterocycles. The smallest absolute Gasteiger partial charge is 0.251 e. The van der Waals surface area contributed by atoms with Crippen LogP contribution in [0.15, 0.2) is 23.4 Å². The topological polar surface area (TPSA) is 50.7 Å². The Morgan fingerprint density at radius 3 is 2.94 bits per heavy atom. The van der Waals surface area contributed by atoms with Gasteiger partial charge in [0.15, 0.2) is 0 Å². The lowest BCUT2D eigenvalue weighted by Crippen LogP contribution is -2.32. The summed E-state index contributed by atoms with van der Waals surface area (Å²) in [5, 5.41) is 6.50. The molecule has 1 heterocycles. The summed E-state index contributed by atoms with van der Waals surface area (Å²) in [4.78, 5) is 16.9. The number of halogens is 1. The van der Waals surface area contributed by atoms with Gasteiger partial charge < -0.3 is 10.2 Å². The first-order chi connectivity index (χ1) is 8.56. The lowest BCUT2D eigenvalue weighted by atomic mass is 10.1. The molecule has 0 fully saturated rings. The summed E-state index contributed by atoms with van der Waals surface area (Å²) in [6.45, 7) is 3.90. The molecule has 0 spiro atoms. The number of hydrogen-bond donors (Lipinski definition) is 1. The second-order valence-electron chi connectivity index (χ2n) is 4.43. The standard InChI is InChI=1S/C13H15FN2O2/c1-8-3-4-10(6-12(8)14)13(17)15-7-11-5-9(2)16-18-11/h3-4,6,11H,5,7H2,1-2H3,(H,15,17)/t11-/m1/s1. The Bertz CT molecular complexity index is 500. The monoisotopic (exact) mass is 250 g/mol. The molecule has 0 saturated carbocycles. The Labute approximate surface area is 105 Å². The quantitative estimate of drug-likeness (QED) is 0.892. The molecule has 1 amide bonds. The van der Waals surface area contributed by atoms with Gasteiger partial charge in [0.05, 0.1) is 12.3 Å². The highest BCUT2D eigenvalue weighted by atomic mass is 19.1. The highest BCUT2D eigenvalue weighted by Gasteiger charge is 2.19. The molecule has 0 bridgehead atoms. The predicted octanol–water partition coefficient (Wildman–Crippen LogP) is 2.03. The minimum absolute atomic E-state index is 0.121.